The van der Waals surface area contributed by atoms with Crippen LogP contribution in [-0.2, 0) is 18.8 Å². The van der Waals surface area contributed by atoms with Gasteiger partial charge < -0.3 is 9.88 Å². The quantitative estimate of drug-likeness (QED) is 0.306. The van der Waals surface area contributed by atoms with Gasteiger partial charge in [-0.05, 0) is 53.1 Å². The lowest BCUT2D eigenvalue weighted by Crippen LogP contribution is -2.22. The van der Waals surface area contributed by atoms with Gasteiger partial charge in [0.25, 0.3) is 5.91 Å². The molecule has 0 aliphatic rings. The predicted molar refractivity (Wildman–Crippen MR) is 134 cm³/mol. The van der Waals surface area contributed by atoms with Crippen molar-refractivity contribution in [1.29, 1.82) is 0 Å². The molecule has 3 aromatic heterocycles. The third-order valence-corrected chi connectivity index (χ3v) is 6.55. The molecule has 0 radical (unpaired) electrons. The Morgan fingerprint density at radius 3 is 2.54 bits per heavy atom. The lowest BCUT2D eigenvalue weighted by atomic mass is 10.1. The molecule has 2 aromatic carbocycles. The summed E-state index contributed by atoms with van der Waals surface area (Å²) in [7, 11) is 0. The molecule has 0 fully saturated rings. The van der Waals surface area contributed by atoms with Crippen molar-refractivity contribution in [3.8, 4) is 0 Å². The first-order valence-corrected chi connectivity index (χ1v) is 12.1. The van der Waals surface area contributed by atoms with Crippen LogP contribution >= 0.6 is 11.8 Å². The number of amides is 1. The molecule has 3 heterocycles. The zero-order valence-electron chi connectivity index (χ0n) is 18.8. The van der Waals surface area contributed by atoms with Crippen LogP contribution in [0.15, 0.2) is 96.7 Å². The van der Waals surface area contributed by atoms with Crippen molar-refractivity contribution in [3.05, 3.63) is 120 Å². The van der Waals surface area contributed by atoms with Crippen LogP contribution in [0.4, 0.5) is 4.39 Å². The fraction of sp³-hybridized carbons (Fsp3) is 0.111. The van der Waals surface area contributed by atoms with Crippen molar-refractivity contribution in [2.45, 2.75) is 24.0 Å². The van der Waals surface area contributed by atoms with E-state index in [0.29, 0.717) is 24.4 Å². The number of carbonyl (C=O) groups is 1. The first kappa shape index (κ1) is 22.7. The van der Waals surface area contributed by atoms with Crippen molar-refractivity contribution < 1.29 is 9.18 Å². The second kappa shape index (κ2) is 10.5. The van der Waals surface area contributed by atoms with Crippen LogP contribution < -0.4 is 5.32 Å². The summed E-state index contributed by atoms with van der Waals surface area (Å²) in [5, 5.41) is 3.74. The van der Waals surface area contributed by atoms with Crippen LogP contribution in [0.1, 0.15) is 27.0 Å². The maximum Gasteiger partial charge on any atom is 0.251 e. The minimum atomic E-state index is -0.260. The van der Waals surface area contributed by atoms with Gasteiger partial charge in [0.05, 0.1) is 23.8 Å². The second-order valence-electron chi connectivity index (χ2n) is 8.00. The highest BCUT2D eigenvalue weighted by Crippen LogP contribution is 2.27. The Kier molecular flexibility index (Phi) is 6.81. The Labute approximate surface area is 206 Å². The lowest BCUT2D eigenvalue weighted by Gasteiger charge is -2.10. The summed E-state index contributed by atoms with van der Waals surface area (Å²) in [6.07, 6.45) is 6.94. The maximum absolute atomic E-state index is 13.7. The van der Waals surface area contributed by atoms with Crippen molar-refractivity contribution >= 4 is 28.7 Å². The number of hydrogen-bond acceptors (Lipinski definition) is 5. The molecule has 1 amide bonds. The van der Waals surface area contributed by atoms with Gasteiger partial charge >= 0.3 is 0 Å². The highest BCUT2D eigenvalue weighted by molar-refractivity contribution is 7.98. The second-order valence-corrected chi connectivity index (χ2v) is 8.95. The summed E-state index contributed by atoms with van der Waals surface area (Å²) in [4.78, 5) is 25.5. The van der Waals surface area contributed by atoms with Gasteiger partial charge in [-0.25, -0.2) is 9.37 Å². The zero-order chi connectivity index (χ0) is 24.0. The molecule has 8 heteroatoms. The number of halogens is 1. The van der Waals surface area contributed by atoms with Crippen molar-refractivity contribution in [1.82, 2.24) is 24.8 Å². The number of nitrogens with one attached hydrogen (secondary N) is 1. The van der Waals surface area contributed by atoms with E-state index in [1.165, 1.54) is 12.1 Å². The number of benzene rings is 2. The fourth-order valence-electron chi connectivity index (χ4n) is 3.72. The van der Waals surface area contributed by atoms with Gasteiger partial charge in [-0.3, -0.25) is 14.8 Å². The van der Waals surface area contributed by atoms with E-state index in [2.05, 4.69) is 19.9 Å². The summed E-state index contributed by atoms with van der Waals surface area (Å²) >= 11 is 1.59. The molecule has 1 N–H and O–H groups in total. The third kappa shape index (κ3) is 5.55. The standard InChI is InChI=1S/C27H22FN5OS/c28-23-5-1-3-20(13-23)17-33-25-16-30-12-10-24(25)32-27(33)35-18-19-6-8-22(9-7-19)26(34)31-15-21-4-2-11-29-14-21/h1-14,16H,15,17-18H2,(H,31,34). The van der Waals surface area contributed by atoms with Gasteiger partial charge in [0.1, 0.15) is 5.82 Å². The number of aromatic nitrogens is 4. The van der Waals surface area contributed by atoms with E-state index in [9.17, 15) is 9.18 Å². The van der Waals surface area contributed by atoms with Gasteiger partial charge in [-0.15, -0.1) is 0 Å². The lowest BCUT2D eigenvalue weighted by molar-refractivity contribution is 0.0951. The molecule has 0 saturated heterocycles. The van der Waals surface area contributed by atoms with E-state index in [-0.39, 0.29) is 11.7 Å². The molecule has 0 aliphatic carbocycles. The summed E-state index contributed by atoms with van der Waals surface area (Å²) < 4.78 is 15.8. The number of hydrogen-bond donors (Lipinski definition) is 1. The Morgan fingerprint density at radius 2 is 1.74 bits per heavy atom. The maximum atomic E-state index is 13.7. The van der Waals surface area contributed by atoms with E-state index in [0.717, 1.165) is 32.9 Å². The molecule has 6 nitrogen and oxygen atoms in total. The number of carbonyl (C=O) groups excluding carboxylic acids is 1. The largest absolute Gasteiger partial charge is 0.348 e. The van der Waals surface area contributed by atoms with Crippen molar-refractivity contribution in [3.63, 3.8) is 0 Å². The van der Waals surface area contributed by atoms with Crippen LogP contribution in [0.3, 0.4) is 0 Å². The molecule has 0 aliphatic heterocycles. The number of fused-ring (bicyclic) bond motifs is 1. The molecule has 5 aromatic rings. The van der Waals surface area contributed by atoms with Crippen molar-refractivity contribution in [2.24, 2.45) is 0 Å². The molecule has 0 atom stereocenters. The number of imidazole rings is 1. The Balaban J connectivity index is 1.27. The monoisotopic (exact) mass is 483 g/mol. The Hall–Kier alpha value is -4.04. The predicted octanol–water partition coefficient (Wildman–Crippen LogP) is 5.24. The average molecular weight is 484 g/mol. The number of rotatable bonds is 8. The molecular formula is C27H22FN5OS. The van der Waals surface area contributed by atoms with E-state index in [4.69, 9.17) is 4.98 Å². The Bertz CT molecular complexity index is 1450. The van der Waals surface area contributed by atoms with Crippen LogP contribution in [0.5, 0.6) is 0 Å². The molecule has 0 spiro atoms. The molecule has 0 unspecified atom stereocenters. The normalized spacial score (nSPS) is 11.0. The highest BCUT2D eigenvalue weighted by Gasteiger charge is 2.13. The minimum absolute atomic E-state index is 0.127. The SMILES string of the molecule is O=C(NCc1cccnc1)c1ccc(CSc2nc3ccncc3n2Cc2cccc(F)c2)cc1. The molecule has 0 bridgehead atoms. The summed E-state index contributed by atoms with van der Waals surface area (Å²) in [5.41, 5.74) is 5.23. The molecule has 35 heavy (non-hydrogen) atoms. The van der Waals surface area contributed by atoms with Crippen LogP contribution in [-0.4, -0.2) is 25.4 Å². The first-order chi connectivity index (χ1) is 17.2. The van der Waals surface area contributed by atoms with E-state index < -0.39 is 0 Å². The molecule has 174 valence electrons. The van der Waals surface area contributed by atoms with Gasteiger partial charge in [-0.2, -0.15) is 0 Å². The average Bonchev–Trinajstić information content (AvgIpc) is 3.24. The first-order valence-electron chi connectivity index (χ1n) is 11.1. The van der Waals surface area contributed by atoms with E-state index in [1.807, 2.05) is 48.5 Å². The van der Waals surface area contributed by atoms with Gasteiger partial charge in [0, 0.05) is 36.5 Å². The number of thioether (sulfide) groups is 1. The van der Waals surface area contributed by atoms with Crippen LogP contribution in [0.25, 0.3) is 11.0 Å². The molecule has 5 rings (SSSR count). The fourth-order valence-corrected chi connectivity index (χ4v) is 4.69. The van der Waals surface area contributed by atoms with E-state index >= 15 is 0 Å². The van der Waals surface area contributed by atoms with Crippen LogP contribution in [0.2, 0.25) is 0 Å². The topological polar surface area (TPSA) is 72.7 Å². The summed E-state index contributed by atoms with van der Waals surface area (Å²) in [6, 6.07) is 19.8. The van der Waals surface area contributed by atoms with Gasteiger partial charge in [0.15, 0.2) is 5.16 Å². The van der Waals surface area contributed by atoms with Gasteiger partial charge in [-0.1, -0.05) is 42.1 Å². The van der Waals surface area contributed by atoms with E-state index in [1.54, 1.807) is 42.6 Å². The number of nitrogens with zero attached hydrogens (tertiary/aromatic N) is 4. The zero-order valence-corrected chi connectivity index (χ0v) is 19.6. The Morgan fingerprint density at radius 1 is 0.914 bits per heavy atom. The summed E-state index contributed by atoms with van der Waals surface area (Å²) in [5.74, 6) is 0.290. The smallest absolute Gasteiger partial charge is 0.251 e. The number of pyridine rings is 2. The van der Waals surface area contributed by atoms with Crippen molar-refractivity contribution in [2.75, 3.05) is 0 Å². The molecular weight excluding hydrogens is 461 g/mol. The van der Waals surface area contributed by atoms with Gasteiger partial charge in [0.2, 0.25) is 0 Å². The third-order valence-electron chi connectivity index (χ3n) is 5.51. The highest BCUT2D eigenvalue weighted by atomic mass is 32.2. The van der Waals surface area contributed by atoms with Crippen LogP contribution in [0, 0.1) is 5.82 Å². The summed E-state index contributed by atoms with van der Waals surface area (Å²) in [6.45, 7) is 0.930. The molecule has 0 saturated carbocycles. The minimum Gasteiger partial charge on any atom is -0.348 e.